The fourth-order valence-corrected chi connectivity index (χ4v) is 5.04. The van der Waals surface area contributed by atoms with Crippen LogP contribution in [-0.4, -0.2) is 49.2 Å². The molecular formula is C23H31N3O6S. The zero-order valence-electron chi connectivity index (χ0n) is 19.3. The van der Waals surface area contributed by atoms with E-state index < -0.39 is 39.6 Å². The molecule has 0 saturated heterocycles. The molecule has 1 saturated carbocycles. The molecule has 1 unspecified atom stereocenters. The number of amides is 1. The number of aromatic nitrogens is 1. The normalized spacial score (nSPS) is 14.9. The first-order valence-corrected chi connectivity index (χ1v) is 12.2. The predicted molar refractivity (Wildman–Crippen MR) is 125 cm³/mol. The van der Waals surface area contributed by atoms with Crippen LogP contribution in [0.2, 0.25) is 0 Å². The first-order valence-electron chi connectivity index (χ1n) is 10.7. The summed E-state index contributed by atoms with van der Waals surface area (Å²) in [7, 11) is -2.02. The van der Waals surface area contributed by atoms with Gasteiger partial charge in [-0.25, -0.2) is 13.2 Å². The molecule has 3 rings (SSSR count). The van der Waals surface area contributed by atoms with Crippen LogP contribution >= 0.6 is 0 Å². The van der Waals surface area contributed by atoms with Gasteiger partial charge in [-0.15, -0.1) is 0 Å². The van der Waals surface area contributed by atoms with Gasteiger partial charge in [0.25, 0.3) is 0 Å². The van der Waals surface area contributed by atoms with Crippen LogP contribution in [0.4, 0.5) is 10.5 Å². The van der Waals surface area contributed by atoms with Gasteiger partial charge >= 0.3 is 6.09 Å². The summed E-state index contributed by atoms with van der Waals surface area (Å²) in [5.74, 6) is 0.681. The van der Waals surface area contributed by atoms with E-state index in [9.17, 15) is 18.3 Å². The van der Waals surface area contributed by atoms with E-state index in [-0.39, 0.29) is 6.54 Å². The van der Waals surface area contributed by atoms with Crippen molar-refractivity contribution in [3.63, 3.8) is 0 Å². The van der Waals surface area contributed by atoms with E-state index in [2.05, 4.69) is 10.3 Å². The Balaban J connectivity index is 1.89. The lowest BCUT2D eigenvalue weighted by atomic mass is 10.1. The third-order valence-electron chi connectivity index (χ3n) is 5.02. The highest BCUT2D eigenvalue weighted by atomic mass is 32.2. The maximum atomic E-state index is 13.2. The molecule has 1 amide bonds. The molecule has 2 N–H and O–H groups in total. The number of rotatable bonds is 9. The van der Waals surface area contributed by atoms with Crippen LogP contribution in [0.1, 0.15) is 50.9 Å². The molecule has 1 heterocycles. The van der Waals surface area contributed by atoms with Crippen molar-refractivity contribution >= 4 is 21.8 Å². The largest absolute Gasteiger partial charge is 0.497 e. The molecule has 1 aliphatic rings. The van der Waals surface area contributed by atoms with Crippen molar-refractivity contribution in [3.05, 3.63) is 53.9 Å². The van der Waals surface area contributed by atoms with E-state index in [4.69, 9.17) is 9.47 Å². The molecule has 0 radical (unpaired) electrons. The number of ether oxygens (including phenoxy) is 2. The van der Waals surface area contributed by atoms with E-state index in [1.54, 1.807) is 52.1 Å². The number of anilines is 1. The van der Waals surface area contributed by atoms with Crippen LogP contribution in [0, 0.1) is 0 Å². The number of benzene rings is 1. The second kappa shape index (κ2) is 9.96. The summed E-state index contributed by atoms with van der Waals surface area (Å²) in [6, 6.07) is 9.51. The summed E-state index contributed by atoms with van der Waals surface area (Å²) in [6.07, 6.45) is 2.01. The highest BCUT2D eigenvalue weighted by molar-refractivity contribution is 7.93. The van der Waals surface area contributed by atoms with Crippen LogP contribution in [0.3, 0.4) is 0 Å². The van der Waals surface area contributed by atoms with Gasteiger partial charge in [-0.2, -0.15) is 0 Å². The first kappa shape index (κ1) is 24.8. The number of aliphatic hydroxyl groups excluding tert-OH is 1. The van der Waals surface area contributed by atoms with Gasteiger partial charge in [-0.3, -0.25) is 9.29 Å². The monoisotopic (exact) mass is 477 g/mol. The van der Waals surface area contributed by atoms with Crippen LogP contribution in [-0.2, 0) is 21.3 Å². The van der Waals surface area contributed by atoms with Crippen LogP contribution in [0.5, 0.6) is 5.75 Å². The van der Waals surface area contributed by atoms with Gasteiger partial charge in [-0.1, -0.05) is 12.1 Å². The number of aliphatic hydroxyl groups is 1. The average Bonchev–Trinajstić information content (AvgIpc) is 3.61. The minimum Gasteiger partial charge on any atom is -0.497 e. The fourth-order valence-electron chi connectivity index (χ4n) is 3.22. The molecule has 33 heavy (non-hydrogen) atoms. The van der Waals surface area contributed by atoms with Gasteiger partial charge in [0, 0.05) is 6.20 Å². The molecule has 180 valence electrons. The highest BCUT2D eigenvalue weighted by Gasteiger charge is 2.40. The molecule has 0 bridgehead atoms. The highest BCUT2D eigenvalue weighted by Crippen LogP contribution is 2.35. The van der Waals surface area contributed by atoms with Gasteiger partial charge in [0.2, 0.25) is 10.0 Å². The van der Waals surface area contributed by atoms with E-state index in [1.165, 1.54) is 10.5 Å². The zero-order valence-corrected chi connectivity index (χ0v) is 20.1. The minimum atomic E-state index is -3.59. The lowest BCUT2D eigenvalue weighted by Crippen LogP contribution is -2.37. The number of sulfonamides is 1. The van der Waals surface area contributed by atoms with Crippen molar-refractivity contribution in [1.82, 2.24) is 10.3 Å². The lowest BCUT2D eigenvalue weighted by Gasteiger charge is -2.26. The molecule has 1 aliphatic carbocycles. The maximum Gasteiger partial charge on any atom is 0.408 e. The molecule has 1 fully saturated rings. The number of carbonyl (C=O) groups excluding carboxylic acids is 1. The Morgan fingerprint density at radius 1 is 1.24 bits per heavy atom. The molecule has 2 aromatic rings. The first-order chi connectivity index (χ1) is 15.5. The number of methoxy groups -OCH3 is 1. The smallest absolute Gasteiger partial charge is 0.408 e. The Morgan fingerprint density at radius 3 is 2.45 bits per heavy atom. The SMILES string of the molecule is COc1ccc(CN(c2ccnc(C(CO)NC(=O)OC(C)(C)C)c2)S(=O)(=O)C2CC2)cc1. The van der Waals surface area contributed by atoms with Crippen molar-refractivity contribution in [3.8, 4) is 5.75 Å². The Kier molecular flexibility index (Phi) is 7.48. The number of nitrogens with one attached hydrogen (secondary N) is 1. The Bertz CT molecular complexity index is 1060. The second-order valence-corrected chi connectivity index (χ2v) is 11.1. The second-order valence-electron chi connectivity index (χ2n) is 8.92. The third kappa shape index (κ3) is 6.58. The Labute approximate surface area is 194 Å². The number of alkyl carbamates (subject to hydrolysis) is 1. The molecule has 9 nitrogen and oxygen atoms in total. The van der Waals surface area contributed by atoms with Crippen LogP contribution < -0.4 is 14.4 Å². The molecular weight excluding hydrogens is 446 g/mol. The Morgan fingerprint density at radius 2 is 1.91 bits per heavy atom. The van der Waals surface area contributed by atoms with Gasteiger partial charge in [0.05, 0.1) is 42.9 Å². The zero-order chi connectivity index (χ0) is 24.2. The van der Waals surface area contributed by atoms with E-state index in [0.29, 0.717) is 30.0 Å². The number of nitrogens with zero attached hydrogens (tertiary/aromatic N) is 2. The topological polar surface area (TPSA) is 118 Å². The van der Waals surface area contributed by atoms with Gasteiger partial charge in [-0.05, 0) is 63.4 Å². The van der Waals surface area contributed by atoms with E-state index >= 15 is 0 Å². The molecule has 1 atom stereocenters. The number of hydrogen-bond acceptors (Lipinski definition) is 7. The number of pyridine rings is 1. The molecule has 1 aromatic carbocycles. The van der Waals surface area contributed by atoms with Gasteiger partial charge in [0.1, 0.15) is 11.4 Å². The fraction of sp³-hybridized carbons (Fsp3) is 0.478. The summed E-state index contributed by atoms with van der Waals surface area (Å²) >= 11 is 0. The summed E-state index contributed by atoms with van der Waals surface area (Å²) < 4.78 is 38.3. The quantitative estimate of drug-likeness (QED) is 0.570. The van der Waals surface area contributed by atoms with Crippen LogP contribution in [0.25, 0.3) is 0 Å². The van der Waals surface area contributed by atoms with Gasteiger partial charge < -0.3 is 19.9 Å². The summed E-state index contributed by atoms with van der Waals surface area (Å²) in [6.45, 7) is 4.91. The number of hydrogen-bond donors (Lipinski definition) is 2. The molecule has 1 aromatic heterocycles. The minimum absolute atomic E-state index is 0.134. The van der Waals surface area contributed by atoms with E-state index in [1.807, 2.05) is 12.1 Å². The van der Waals surface area contributed by atoms with Crippen molar-refractivity contribution in [2.24, 2.45) is 0 Å². The van der Waals surface area contributed by atoms with Crippen molar-refractivity contribution in [2.75, 3.05) is 18.0 Å². The average molecular weight is 478 g/mol. The summed E-state index contributed by atoms with van der Waals surface area (Å²) in [5.41, 5.74) is 0.829. The summed E-state index contributed by atoms with van der Waals surface area (Å²) in [5, 5.41) is 12.0. The van der Waals surface area contributed by atoms with E-state index in [0.717, 1.165) is 5.56 Å². The van der Waals surface area contributed by atoms with Crippen molar-refractivity contribution in [2.45, 2.75) is 57.1 Å². The molecule has 10 heteroatoms. The predicted octanol–water partition coefficient (Wildman–Crippen LogP) is 3.15. The van der Waals surface area contributed by atoms with Crippen LogP contribution in [0.15, 0.2) is 42.6 Å². The molecule has 0 spiro atoms. The Hall–Kier alpha value is -2.85. The standard InChI is InChI=1S/C23H31N3O6S/c1-23(2,3)32-22(28)25-21(15-27)20-13-17(11-12-24-20)26(33(29,30)19-9-10-19)14-16-5-7-18(31-4)8-6-16/h5-8,11-13,19,21,27H,9-10,14-15H2,1-4H3,(H,25,28). The summed E-state index contributed by atoms with van der Waals surface area (Å²) in [4.78, 5) is 16.4. The lowest BCUT2D eigenvalue weighted by molar-refractivity contribution is 0.0480. The van der Waals surface area contributed by atoms with Gasteiger partial charge in [0.15, 0.2) is 0 Å². The maximum absolute atomic E-state index is 13.2. The van der Waals surface area contributed by atoms with Crippen molar-refractivity contribution < 1.29 is 27.8 Å². The number of carbonyl (C=O) groups is 1. The third-order valence-corrected chi connectivity index (χ3v) is 7.29. The molecule has 0 aliphatic heterocycles. The van der Waals surface area contributed by atoms with Crippen molar-refractivity contribution in [1.29, 1.82) is 0 Å².